The summed E-state index contributed by atoms with van der Waals surface area (Å²) in [6.45, 7) is 7.00. The Morgan fingerprint density at radius 2 is 1.29 bits per heavy atom. The van der Waals surface area contributed by atoms with Crippen molar-refractivity contribution < 1.29 is 95.5 Å². The van der Waals surface area contributed by atoms with Crippen LogP contribution in [0.4, 0.5) is 0 Å². The van der Waals surface area contributed by atoms with Crippen LogP contribution in [-0.4, -0.2) is 141 Å². The van der Waals surface area contributed by atoms with Crippen molar-refractivity contribution >= 4 is 47.7 Å². The first-order valence-electron chi connectivity index (χ1n) is 27.0. The van der Waals surface area contributed by atoms with Gasteiger partial charge in [0.1, 0.15) is 18.8 Å². The van der Waals surface area contributed by atoms with Crippen LogP contribution < -0.4 is 0 Å². The lowest BCUT2D eigenvalue weighted by molar-refractivity contribution is -0.370. The number of benzene rings is 3. The third-order valence-electron chi connectivity index (χ3n) is 13.8. The molecule has 80 heavy (non-hydrogen) atoms. The van der Waals surface area contributed by atoms with Crippen LogP contribution in [0.3, 0.4) is 0 Å². The third kappa shape index (κ3) is 17.7. The van der Waals surface area contributed by atoms with E-state index in [9.17, 15) is 38.7 Å². The van der Waals surface area contributed by atoms with Crippen LogP contribution in [0.25, 0.3) is 6.08 Å². The summed E-state index contributed by atoms with van der Waals surface area (Å²) in [4.78, 5) is 96.2. The van der Waals surface area contributed by atoms with Crippen molar-refractivity contribution in [2.75, 3.05) is 20.8 Å². The zero-order valence-electron chi connectivity index (χ0n) is 46.3. The molecule has 0 amide bonds. The standard InChI is InChI=1S/C60H74O20/c1-8-22-42-29-20-13-21-30-44(75-57(67)50(69-6)40-25-16-11-17-26-40)43(62)32-34-46(63)71-35-45-52(77-47(64)33-31-39-23-14-10-15-24-39)53(78-56(66)36(3)9-2)48(65)59(76-45)80-55-54(49(73-38(5)61)37(4)72-60(55)74-42)79-58(68)51(70-7)41-27-18-12-19-28-41/h9-12,14-19,23-28,31,33,37,42,44-45,48-55,59-60,65H,8,13,20-22,29-30,32,34-35H2,1-7H3/b33-31+,36-9+/t37-,42+,44-,45-,48-,49+,50+,51?,52-,53-,54+,55-,59+,60+/m1/s1. The summed E-state index contributed by atoms with van der Waals surface area (Å²) in [5.41, 5.74) is 1.68. The van der Waals surface area contributed by atoms with Gasteiger partial charge in [0.15, 0.2) is 67.2 Å². The molecular formula is C60H74O20. The number of ketones is 1. The van der Waals surface area contributed by atoms with Crippen molar-refractivity contribution in [3.8, 4) is 0 Å². The van der Waals surface area contributed by atoms with Crippen LogP contribution in [-0.2, 0) is 90.4 Å². The van der Waals surface area contributed by atoms with Gasteiger partial charge in [0.25, 0.3) is 0 Å². The number of aliphatic hydroxyl groups excluding tert-OH is 1. The predicted molar refractivity (Wildman–Crippen MR) is 284 cm³/mol. The number of hydrogen-bond acceptors (Lipinski definition) is 20. The molecule has 0 spiro atoms. The molecule has 0 aliphatic carbocycles. The van der Waals surface area contributed by atoms with Gasteiger partial charge in [0.2, 0.25) is 0 Å². The maximum absolute atomic E-state index is 14.4. The number of carbonyl (C=O) groups excluding carboxylic acids is 7. The number of methoxy groups -OCH3 is 2. The number of Topliss-reactive ketones (excluding diaryl/α,β-unsaturated/α-hetero) is 1. The summed E-state index contributed by atoms with van der Waals surface area (Å²) >= 11 is 0. The fourth-order valence-corrected chi connectivity index (χ4v) is 9.50. The van der Waals surface area contributed by atoms with E-state index in [0.717, 1.165) is 13.0 Å². The zero-order chi connectivity index (χ0) is 57.7. The van der Waals surface area contributed by atoms with Gasteiger partial charge >= 0.3 is 35.8 Å². The normalized spacial score (nSPS) is 28.2. The average Bonchev–Trinajstić information content (AvgIpc) is 3.51. The van der Waals surface area contributed by atoms with Gasteiger partial charge in [-0.2, -0.15) is 0 Å². The van der Waals surface area contributed by atoms with Gasteiger partial charge in [-0.05, 0) is 69.2 Å². The first kappa shape index (κ1) is 62.5. The van der Waals surface area contributed by atoms with Gasteiger partial charge < -0.3 is 61.9 Å². The summed E-state index contributed by atoms with van der Waals surface area (Å²) in [6.07, 6.45) is -14.2. The number of aliphatic hydroxyl groups is 1. The van der Waals surface area contributed by atoms with Crippen LogP contribution in [0.5, 0.6) is 0 Å². The minimum atomic E-state index is -2.04. The second kappa shape index (κ2) is 31.4. The molecule has 14 atom stereocenters. The Bertz CT molecular complexity index is 2550. The number of carbonyl (C=O) groups is 7. The molecule has 3 heterocycles. The lowest BCUT2D eigenvalue weighted by Crippen LogP contribution is -2.66. The van der Waals surface area contributed by atoms with E-state index in [1.807, 2.05) is 6.92 Å². The van der Waals surface area contributed by atoms with Crippen molar-refractivity contribution in [1.82, 2.24) is 0 Å². The molecular weight excluding hydrogens is 1040 g/mol. The third-order valence-corrected chi connectivity index (χ3v) is 13.8. The van der Waals surface area contributed by atoms with Crippen molar-refractivity contribution in [2.45, 2.75) is 178 Å². The summed E-state index contributed by atoms with van der Waals surface area (Å²) in [5.74, 6) is -5.88. The van der Waals surface area contributed by atoms with Crippen molar-refractivity contribution in [3.05, 3.63) is 125 Å². The SMILES string of the molecule is C/C=C(\C)C(=O)O[C@@H]1[C@@H](O)[C@@H]2O[C@H]3[C@H](O[C@@H](CCC)CCCCC[C@@H](OC(=O)[C@@H](OC)c4ccccc4)C(=O)CCC(=O)OC[C@@H](O2)[C@H]1OC(=O)/C=C/c1ccccc1)O[C@H](C)[C@H](OC(C)=O)[C@@H]3OC(=O)C(OC)c1ccccc1. The Labute approximate surface area is 466 Å². The van der Waals surface area contributed by atoms with E-state index in [1.54, 1.807) is 105 Å². The Kier molecular flexibility index (Phi) is 24.5. The molecule has 3 fully saturated rings. The van der Waals surface area contributed by atoms with E-state index in [1.165, 1.54) is 33.3 Å². The minimum absolute atomic E-state index is 0.102. The number of esters is 6. The largest absolute Gasteiger partial charge is 0.463 e. The lowest BCUT2D eigenvalue weighted by atomic mass is 9.96. The van der Waals surface area contributed by atoms with E-state index in [0.29, 0.717) is 55.2 Å². The summed E-state index contributed by atoms with van der Waals surface area (Å²) in [6, 6.07) is 25.9. The van der Waals surface area contributed by atoms with Gasteiger partial charge in [-0.25, -0.2) is 19.2 Å². The van der Waals surface area contributed by atoms with Crippen molar-refractivity contribution in [2.24, 2.45) is 0 Å². The molecule has 20 heteroatoms. The maximum Gasteiger partial charge on any atom is 0.340 e. The highest BCUT2D eigenvalue weighted by atomic mass is 16.8. The zero-order valence-corrected chi connectivity index (χ0v) is 46.3. The molecule has 3 aromatic carbocycles. The molecule has 0 aromatic heterocycles. The quantitative estimate of drug-likeness (QED) is 0.0840. The van der Waals surface area contributed by atoms with Crippen molar-refractivity contribution in [1.29, 1.82) is 0 Å². The Morgan fingerprint density at radius 1 is 0.675 bits per heavy atom. The molecule has 0 saturated carbocycles. The van der Waals surface area contributed by atoms with Gasteiger partial charge in [-0.3, -0.25) is 14.4 Å². The smallest absolute Gasteiger partial charge is 0.340 e. The van der Waals surface area contributed by atoms with Crippen LogP contribution in [0, 0.1) is 0 Å². The van der Waals surface area contributed by atoms with Crippen LogP contribution >= 0.6 is 0 Å². The maximum atomic E-state index is 14.4. The Hall–Kier alpha value is -6.65. The number of fused-ring (bicyclic) bond motifs is 3. The van der Waals surface area contributed by atoms with E-state index < -0.39 is 147 Å². The fourth-order valence-electron chi connectivity index (χ4n) is 9.50. The predicted octanol–water partition coefficient (Wildman–Crippen LogP) is 7.28. The highest BCUT2D eigenvalue weighted by Gasteiger charge is 2.56. The molecule has 3 aliphatic rings. The first-order valence-corrected chi connectivity index (χ1v) is 27.0. The molecule has 2 bridgehead atoms. The summed E-state index contributed by atoms with van der Waals surface area (Å²) in [7, 11) is 2.67. The average molecular weight is 1120 g/mol. The van der Waals surface area contributed by atoms with Crippen molar-refractivity contribution in [3.63, 3.8) is 0 Å². The van der Waals surface area contributed by atoms with E-state index >= 15 is 0 Å². The second-order valence-corrected chi connectivity index (χ2v) is 19.6. The molecule has 3 aliphatic heterocycles. The van der Waals surface area contributed by atoms with Crippen LogP contribution in [0.2, 0.25) is 0 Å². The number of cyclic esters (lactones) is 1. The number of allylic oxidation sites excluding steroid dienone is 1. The van der Waals surface area contributed by atoms with Gasteiger partial charge in [-0.15, -0.1) is 0 Å². The van der Waals surface area contributed by atoms with E-state index in [-0.39, 0.29) is 12.0 Å². The lowest BCUT2D eigenvalue weighted by Gasteiger charge is -2.48. The number of hydrogen-bond donors (Lipinski definition) is 1. The summed E-state index contributed by atoms with van der Waals surface area (Å²) < 4.78 is 73.2. The molecule has 20 nitrogen and oxygen atoms in total. The first-order chi connectivity index (χ1) is 38.5. The molecule has 6 rings (SSSR count). The van der Waals surface area contributed by atoms with E-state index in [4.69, 9.17) is 56.8 Å². The van der Waals surface area contributed by atoms with E-state index in [2.05, 4.69) is 0 Å². The Morgan fingerprint density at radius 3 is 1.89 bits per heavy atom. The van der Waals surface area contributed by atoms with Crippen LogP contribution in [0.1, 0.15) is 121 Å². The highest BCUT2D eigenvalue weighted by molar-refractivity contribution is 5.90. The van der Waals surface area contributed by atoms with Crippen LogP contribution in [0.15, 0.2) is 109 Å². The number of ether oxygens (including phenoxy) is 12. The molecule has 1 N–H and O–H groups in total. The molecule has 0 radical (unpaired) electrons. The highest BCUT2D eigenvalue weighted by Crippen LogP contribution is 2.37. The fraction of sp³-hybridized carbons (Fsp3) is 0.517. The summed E-state index contributed by atoms with van der Waals surface area (Å²) in [5, 5.41) is 12.5. The molecule has 1 unspecified atom stereocenters. The minimum Gasteiger partial charge on any atom is -0.463 e. The van der Waals surface area contributed by atoms with Gasteiger partial charge in [-0.1, -0.05) is 123 Å². The molecule has 3 aromatic rings. The second-order valence-electron chi connectivity index (χ2n) is 19.6. The Balaban J connectivity index is 1.43. The van der Waals surface area contributed by atoms with Gasteiger partial charge in [0, 0.05) is 39.2 Å². The number of rotatable bonds is 16. The topological polar surface area (TPSA) is 250 Å². The molecule has 434 valence electrons. The van der Waals surface area contributed by atoms with Gasteiger partial charge in [0.05, 0.1) is 18.6 Å². The monoisotopic (exact) mass is 1110 g/mol. The molecule has 3 saturated heterocycles.